The number of aryl methyl sites for hydroxylation is 1. The van der Waals surface area contributed by atoms with Crippen LogP contribution < -0.4 is 5.32 Å². The Morgan fingerprint density at radius 1 is 1.16 bits per heavy atom. The lowest BCUT2D eigenvalue weighted by Gasteiger charge is -2.50. The molecule has 2 unspecified atom stereocenters. The highest BCUT2D eigenvalue weighted by atomic mass is 15.2. The summed E-state index contributed by atoms with van der Waals surface area (Å²) in [5.41, 5.74) is 7.68. The molecule has 1 heterocycles. The van der Waals surface area contributed by atoms with E-state index in [2.05, 4.69) is 61.5 Å². The van der Waals surface area contributed by atoms with Gasteiger partial charge < -0.3 is 10.2 Å². The third-order valence-electron chi connectivity index (χ3n) is 7.67. The predicted octanol–water partition coefficient (Wildman–Crippen LogP) is 7.08. The van der Waals surface area contributed by atoms with Gasteiger partial charge in [-0.05, 0) is 72.4 Å². The van der Waals surface area contributed by atoms with Crippen molar-refractivity contribution in [1.82, 2.24) is 4.90 Å². The molecule has 1 saturated carbocycles. The standard InChI is InChI=1S/C29H35N3/c1-5-24-18-27(31-21(2)25-11-9-23(19-30)10-12-25)13-14-28(24)22(3)32-17-15-26-8-6-7-16-29(26,4)20-32/h9-14,18,26,31H,2-3,5-8,15-17,20H2,1,4H3. The first-order chi connectivity index (χ1) is 15.4. The van der Waals surface area contributed by atoms with E-state index in [1.165, 1.54) is 48.9 Å². The lowest BCUT2D eigenvalue weighted by molar-refractivity contribution is 0.0337. The molecule has 1 aliphatic heterocycles. The molecule has 0 amide bonds. The Hall–Kier alpha value is -2.99. The van der Waals surface area contributed by atoms with Gasteiger partial charge in [-0.15, -0.1) is 0 Å². The average Bonchev–Trinajstić information content (AvgIpc) is 2.82. The molecular weight excluding hydrogens is 390 g/mol. The van der Waals surface area contributed by atoms with Gasteiger partial charge in [-0.3, -0.25) is 0 Å². The first kappa shape index (κ1) is 22.2. The molecule has 1 N–H and O–H groups in total. The lowest BCUT2D eigenvalue weighted by Crippen LogP contribution is -2.47. The molecule has 1 aliphatic carbocycles. The molecule has 0 bridgehead atoms. The summed E-state index contributed by atoms with van der Waals surface area (Å²) < 4.78 is 0. The van der Waals surface area contributed by atoms with Gasteiger partial charge in [0.25, 0.3) is 0 Å². The average molecular weight is 426 g/mol. The van der Waals surface area contributed by atoms with Gasteiger partial charge in [-0.25, -0.2) is 0 Å². The van der Waals surface area contributed by atoms with E-state index in [1.807, 2.05) is 24.3 Å². The number of anilines is 1. The summed E-state index contributed by atoms with van der Waals surface area (Å²) in [6, 6.07) is 16.2. The lowest BCUT2D eigenvalue weighted by atomic mass is 9.64. The fraction of sp³-hybridized carbons (Fsp3) is 0.414. The van der Waals surface area contributed by atoms with Crippen molar-refractivity contribution in [1.29, 1.82) is 5.26 Å². The molecule has 0 radical (unpaired) electrons. The molecule has 4 rings (SSSR count). The van der Waals surface area contributed by atoms with Crippen LogP contribution in [0, 0.1) is 22.7 Å². The number of rotatable bonds is 6. The highest BCUT2D eigenvalue weighted by Gasteiger charge is 2.41. The summed E-state index contributed by atoms with van der Waals surface area (Å²) in [7, 11) is 0. The van der Waals surface area contributed by atoms with E-state index < -0.39 is 0 Å². The van der Waals surface area contributed by atoms with Gasteiger partial charge in [0.15, 0.2) is 0 Å². The van der Waals surface area contributed by atoms with Gasteiger partial charge in [0.2, 0.25) is 0 Å². The van der Waals surface area contributed by atoms with Crippen molar-refractivity contribution >= 4 is 17.1 Å². The van der Waals surface area contributed by atoms with Crippen LogP contribution in [0.1, 0.15) is 68.2 Å². The Morgan fingerprint density at radius 2 is 1.94 bits per heavy atom. The maximum atomic E-state index is 9.00. The highest BCUT2D eigenvalue weighted by molar-refractivity contribution is 5.77. The van der Waals surface area contributed by atoms with E-state index in [1.54, 1.807) is 0 Å². The zero-order valence-corrected chi connectivity index (χ0v) is 19.6. The Kier molecular flexibility index (Phi) is 6.42. The summed E-state index contributed by atoms with van der Waals surface area (Å²) in [4.78, 5) is 2.54. The Morgan fingerprint density at radius 3 is 2.66 bits per heavy atom. The van der Waals surface area contributed by atoms with Crippen LogP contribution in [0.2, 0.25) is 0 Å². The van der Waals surface area contributed by atoms with E-state index in [0.717, 1.165) is 42.4 Å². The number of hydrogen-bond acceptors (Lipinski definition) is 3. The molecule has 2 atom stereocenters. The van der Waals surface area contributed by atoms with Crippen molar-refractivity contribution in [2.45, 2.75) is 52.4 Å². The minimum Gasteiger partial charge on any atom is -0.371 e. The normalized spacial score (nSPS) is 22.5. The smallest absolute Gasteiger partial charge is 0.0991 e. The first-order valence-corrected chi connectivity index (χ1v) is 12.0. The summed E-state index contributed by atoms with van der Waals surface area (Å²) in [5, 5.41) is 12.4. The number of benzene rings is 2. The second kappa shape index (κ2) is 9.25. The topological polar surface area (TPSA) is 39.1 Å². The minimum absolute atomic E-state index is 0.437. The van der Waals surface area contributed by atoms with Crippen LogP contribution in [0.5, 0.6) is 0 Å². The molecule has 3 nitrogen and oxygen atoms in total. The van der Waals surface area contributed by atoms with Crippen LogP contribution in [-0.4, -0.2) is 18.0 Å². The van der Waals surface area contributed by atoms with Crippen LogP contribution >= 0.6 is 0 Å². The predicted molar refractivity (Wildman–Crippen MR) is 135 cm³/mol. The number of nitrogens with one attached hydrogen (secondary N) is 1. The van der Waals surface area contributed by atoms with E-state index in [-0.39, 0.29) is 0 Å². The Bertz CT molecular complexity index is 1040. The molecule has 2 aromatic carbocycles. The van der Waals surface area contributed by atoms with Gasteiger partial charge in [0, 0.05) is 35.7 Å². The summed E-state index contributed by atoms with van der Waals surface area (Å²) in [6.07, 6.45) is 7.78. The molecule has 3 heteroatoms. The Labute approximate surface area is 193 Å². The van der Waals surface area contributed by atoms with Gasteiger partial charge in [0.1, 0.15) is 0 Å². The number of nitrogens with zero attached hydrogens (tertiary/aromatic N) is 2. The second-order valence-corrected chi connectivity index (χ2v) is 9.77. The number of nitriles is 1. The Balaban J connectivity index is 1.48. The van der Waals surface area contributed by atoms with Crippen molar-refractivity contribution in [3.8, 4) is 6.07 Å². The largest absolute Gasteiger partial charge is 0.371 e. The van der Waals surface area contributed by atoms with Crippen LogP contribution in [0.3, 0.4) is 0 Å². The molecule has 32 heavy (non-hydrogen) atoms. The summed E-state index contributed by atoms with van der Waals surface area (Å²) in [6.45, 7) is 15.7. The van der Waals surface area contributed by atoms with E-state index in [9.17, 15) is 0 Å². The number of piperidine rings is 1. The maximum Gasteiger partial charge on any atom is 0.0991 e. The SMILES string of the molecule is C=C(Nc1ccc(C(=C)N2CCC3CCCCC3(C)C2)c(CC)c1)c1ccc(C#N)cc1. The highest BCUT2D eigenvalue weighted by Crippen LogP contribution is 2.47. The monoisotopic (exact) mass is 425 g/mol. The molecule has 0 aromatic heterocycles. The quantitative estimate of drug-likeness (QED) is 0.537. The zero-order valence-electron chi connectivity index (χ0n) is 19.6. The van der Waals surface area contributed by atoms with Crippen molar-refractivity contribution in [2.75, 3.05) is 18.4 Å². The fourth-order valence-electron chi connectivity index (χ4n) is 5.64. The molecule has 166 valence electrons. The molecule has 2 aromatic rings. The maximum absolute atomic E-state index is 9.00. The molecule has 1 saturated heterocycles. The number of fused-ring (bicyclic) bond motifs is 1. The molecular formula is C29H35N3. The summed E-state index contributed by atoms with van der Waals surface area (Å²) in [5.74, 6) is 0.880. The van der Waals surface area contributed by atoms with Gasteiger partial charge in [0.05, 0.1) is 11.6 Å². The van der Waals surface area contributed by atoms with Gasteiger partial charge in [-0.1, -0.05) is 58.0 Å². The zero-order chi connectivity index (χ0) is 22.7. The van der Waals surface area contributed by atoms with E-state index in [0.29, 0.717) is 11.0 Å². The van der Waals surface area contributed by atoms with Crippen molar-refractivity contribution < 1.29 is 0 Å². The second-order valence-electron chi connectivity index (χ2n) is 9.77. The minimum atomic E-state index is 0.437. The van der Waals surface area contributed by atoms with Crippen LogP contribution in [-0.2, 0) is 6.42 Å². The van der Waals surface area contributed by atoms with Crippen molar-refractivity contribution in [2.24, 2.45) is 11.3 Å². The van der Waals surface area contributed by atoms with Crippen molar-refractivity contribution in [3.63, 3.8) is 0 Å². The van der Waals surface area contributed by atoms with Crippen LogP contribution in [0.15, 0.2) is 55.6 Å². The fourth-order valence-corrected chi connectivity index (χ4v) is 5.64. The van der Waals surface area contributed by atoms with E-state index >= 15 is 0 Å². The van der Waals surface area contributed by atoms with E-state index in [4.69, 9.17) is 5.26 Å². The van der Waals surface area contributed by atoms with Gasteiger partial charge >= 0.3 is 0 Å². The third kappa shape index (κ3) is 4.46. The van der Waals surface area contributed by atoms with Crippen LogP contribution in [0.25, 0.3) is 11.4 Å². The number of likely N-dealkylation sites (tertiary alicyclic amines) is 1. The molecule has 0 spiro atoms. The first-order valence-electron chi connectivity index (χ1n) is 12.0. The van der Waals surface area contributed by atoms with Gasteiger partial charge in [-0.2, -0.15) is 5.26 Å². The number of hydrogen-bond donors (Lipinski definition) is 1. The van der Waals surface area contributed by atoms with Crippen molar-refractivity contribution in [3.05, 3.63) is 77.9 Å². The molecule has 2 fully saturated rings. The molecule has 2 aliphatic rings. The van der Waals surface area contributed by atoms with Crippen LogP contribution in [0.4, 0.5) is 5.69 Å². The summed E-state index contributed by atoms with van der Waals surface area (Å²) >= 11 is 0. The third-order valence-corrected chi connectivity index (χ3v) is 7.67.